The molecule has 3 rings (SSSR count). The normalized spacial score (nSPS) is 16.0. The second-order valence-electron chi connectivity index (χ2n) is 4.92. The van der Waals surface area contributed by atoms with Crippen LogP contribution < -0.4 is 5.32 Å². The third kappa shape index (κ3) is 3.40. The van der Waals surface area contributed by atoms with Crippen molar-refractivity contribution in [1.82, 2.24) is 9.88 Å². The summed E-state index contributed by atoms with van der Waals surface area (Å²) in [5, 5.41) is 6.08. The molecular formula is C14H16N4O3S2. The zero-order valence-electron chi connectivity index (χ0n) is 12.8. The van der Waals surface area contributed by atoms with E-state index in [9.17, 15) is 9.59 Å². The SMILES string of the molecule is CCOC(=O)c1sc(NC(=O)CC2=CSC3=NCCN23)nc1C. The first-order chi connectivity index (χ1) is 11.1. The van der Waals surface area contributed by atoms with Crippen molar-refractivity contribution in [2.75, 3.05) is 25.0 Å². The van der Waals surface area contributed by atoms with Crippen LogP contribution in [0.25, 0.3) is 0 Å². The lowest BCUT2D eigenvalue weighted by Gasteiger charge is -2.15. The van der Waals surface area contributed by atoms with E-state index < -0.39 is 5.97 Å². The first-order valence-corrected chi connectivity index (χ1v) is 8.90. The van der Waals surface area contributed by atoms with Crippen LogP contribution in [0.5, 0.6) is 0 Å². The molecule has 0 aromatic carbocycles. The van der Waals surface area contributed by atoms with Gasteiger partial charge >= 0.3 is 5.97 Å². The van der Waals surface area contributed by atoms with Crippen LogP contribution in [0.1, 0.15) is 28.7 Å². The lowest BCUT2D eigenvalue weighted by atomic mass is 10.3. The smallest absolute Gasteiger partial charge is 0.350 e. The molecule has 0 bridgehead atoms. The van der Waals surface area contributed by atoms with Crippen LogP contribution in [-0.2, 0) is 9.53 Å². The van der Waals surface area contributed by atoms with Crippen molar-refractivity contribution in [3.05, 3.63) is 21.7 Å². The number of amides is 1. The van der Waals surface area contributed by atoms with Crippen LogP contribution >= 0.6 is 23.1 Å². The first-order valence-electron chi connectivity index (χ1n) is 7.20. The third-order valence-corrected chi connectivity index (χ3v) is 5.30. The standard InChI is InChI=1S/C14H16N4O3S2/c1-3-21-12(20)11-8(2)16-13(23-11)17-10(19)6-9-7-22-14-15-4-5-18(9)14/h7H,3-6H2,1-2H3,(H,16,17,19). The van der Waals surface area contributed by atoms with Gasteiger partial charge in [0.05, 0.1) is 25.3 Å². The molecule has 9 heteroatoms. The Labute approximate surface area is 141 Å². The molecule has 0 spiro atoms. The van der Waals surface area contributed by atoms with Crippen molar-refractivity contribution >= 4 is 45.3 Å². The lowest BCUT2D eigenvalue weighted by molar-refractivity contribution is -0.115. The minimum atomic E-state index is -0.407. The summed E-state index contributed by atoms with van der Waals surface area (Å²) in [4.78, 5) is 35.0. The first kappa shape index (κ1) is 16.0. The number of nitrogens with zero attached hydrogens (tertiary/aromatic N) is 3. The maximum absolute atomic E-state index is 12.2. The summed E-state index contributed by atoms with van der Waals surface area (Å²) in [5.74, 6) is -0.565. The highest BCUT2D eigenvalue weighted by atomic mass is 32.2. The van der Waals surface area contributed by atoms with Crippen molar-refractivity contribution in [2.45, 2.75) is 20.3 Å². The monoisotopic (exact) mass is 352 g/mol. The van der Waals surface area contributed by atoms with Crippen molar-refractivity contribution in [2.24, 2.45) is 4.99 Å². The number of anilines is 1. The topological polar surface area (TPSA) is 83.9 Å². The number of aryl methyl sites for hydroxylation is 1. The number of aliphatic imine (C=N–C) groups is 1. The maximum atomic E-state index is 12.2. The number of hydrogen-bond acceptors (Lipinski definition) is 8. The Balaban J connectivity index is 1.61. The van der Waals surface area contributed by atoms with Gasteiger partial charge in [0.15, 0.2) is 10.3 Å². The highest BCUT2D eigenvalue weighted by Crippen LogP contribution is 2.31. The van der Waals surface area contributed by atoms with Gasteiger partial charge in [-0.05, 0) is 19.3 Å². The Kier molecular flexibility index (Phi) is 4.67. The summed E-state index contributed by atoms with van der Waals surface area (Å²) >= 11 is 2.68. The predicted octanol–water partition coefficient (Wildman–Crippen LogP) is 2.22. The van der Waals surface area contributed by atoms with Gasteiger partial charge in [-0.25, -0.2) is 9.78 Å². The van der Waals surface area contributed by atoms with Gasteiger partial charge in [0.2, 0.25) is 5.91 Å². The highest BCUT2D eigenvalue weighted by Gasteiger charge is 2.27. The van der Waals surface area contributed by atoms with E-state index in [1.807, 2.05) is 5.41 Å². The third-order valence-electron chi connectivity index (χ3n) is 3.29. The predicted molar refractivity (Wildman–Crippen MR) is 90.7 cm³/mol. The molecule has 0 aliphatic carbocycles. The zero-order valence-corrected chi connectivity index (χ0v) is 14.4. The van der Waals surface area contributed by atoms with Gasteiger partial charge in [-0.3, -0.25) is 9.79 Å². The number of ether oxygens (including phenoxy) is 1. The van der Waals surface area contributed by atoms with Crippen LogP contribution in [0.15, 0.2) is 16.1 Å². The number of carbonyl (C=O) groups is 2. The van der Waals surface area contributed by atoms with Crippen LogP contribution in [-0.4, -0.2) is 46.6 Å². The minimum Gasteiger partial charge on any atom is -0.462 e. The van der Waals surface area contributed by atoms with Crippen LogP contribution in [0.2, 0.25) is 0 Å². The number of thioether (sulfide) groups is 1. The molecule has 1 N–H and O–H groups in total. The van der Waals surface area contributed by atoms with Gasteiger partial charge < -0.3 is 15.0 Å². The van der Waals surface area contributed by atoms with Gasteiger partial charge in [0, 0.05) is 12.2 Å². The molecule has 0 fully saturated rings. The molecule has 1 aromatic rings. The lowest BCUT2D eigenvalue weighted by Crippen LogP contribution is -2.24. The fourth-order valence-corrected chi connectivity index (χ4v) is 4.11. The molecule has 0 atom stereocenters. The van der Waals surface area contributed by atoms with E-state index in [0.29, 0.717) is 22.3 Å². The number of fused-ring (bicyclic) bond motifs is 1. The highest BCUT2D eigenvalue weighted by molar-refractivity contribution is 8.16. The summed E-state index contributed by atoms with van der Waals surface area (Å²) in [5.41, 5.74) is 1.51. The summed E-state index contributed by atoms with van der Waals surface area (Å²) in [6.45, 7) is 5.38. The molecule has 1 aromatic heterocycles. The van der Waals surface area contributed by atoms with Gasteiger partial charge in [0.25, 0.3) is 0 Å². The Hall–Kier alpha value is -1.87. The van der Waals surface area contributed by atoms with Crippen LogP contribution in [0, 0.1) is 6.92 Å². The molecule has 0 saturated carbocycles. The summed E-state index contributed by atoms with van der Waals surface area (Å²) in [7, 11) is 0. The maximum Gasteiger partial charge on any atom is 0.350 e. The average molecular weight is 352 g/mol. The molecular weight excluding hydrogens is 336 g/mol. The Bertz CT molecular complexity index is 711. The number of hydrogen-bond donors (Lipinski definition) is 1. The Morgan fingerprint density at radius 3 is 3.09 bits per heavy atom. The van der Waals surface area contributed by atoms with E-state index in [1.54, 1.807) is 25.6 Å². The molecule has 7 nitrogen and oxygen atoms in total. The molecule has 0 unspecified atom stereocenters. The van der Waals surface area contributed by atoms with Gasteiger partial charge in [-0.1, -0.05) is 23.1 Å². The molecule has 0 radical (unpaired) electrons. The van der Waals surface area contributed by atoms with E-state index >= 15 is 0 Å². The van der Waals surface area contributed by atoms with Crippen LogP contribution in [0.3, 0.4) is 0 Å². The van der Waals surface area contributed by atoms with Crippen molar-refractivity contribution in [1.29, 1.82) is 0 Å². The number of amidine groups is 1. The van der Waals surface area contributed by atoms with E-state index in [1.165, 1.54) is 0 Å². The quantitative estimate of drug-likeness (QED) is 0.818. The largest absolute Gasteiger partial charge is 0.462 e. The van der Waals surface area contributed by atoms with Gasteiger partial charge in [-0.2, -0.15) is 0 Å². The minimum absolute atomic E-state index is 0.158. The molecule has 0 saturated heterocycles. The second-order valence-corrected chi connectivity index (χ2v) is 6.76. The summed E-state index contributed by atoms with van der Waals surface area (Å²) < 4.78 is 4.97. The van der Waals surface area contributed by atoms with E-state index in [2.05, 4.69) is 20.2 Å². The molecule has 1 amide bonds. The van der Waals surface area contributed by atoms with Crippen molar-refractivity contribution in [3.63, 3.8) is 0 Å². The van der Waals surface area contributed by atoms with Gasteiger partial charge in [-0.15, -0.1) is 0 Å². The molecule has 3 heterocycles. The number of thiazole rings is 1. The Morgan fingerprint density at radius 2 is 2.30 bits per heavy atom. The van der Waals surface area contributed by atoms with E-state index in [4.69, 9.17) is 4.74 Å². The number of aromatic nitrogens is 1. The summed E-state index contributed by atoms with van der Waals surface area (Å²) in [6.07, 6.45) is 0.263. The molecule has 122 valence electrons. The fraction of sp³-hybridized carbons (Fsp3) is 0.429. The van der Waals surface area contributed by atoms with E-state index in [0.717, 1.165) is 35.3 Å². The zero-order chi connectivity index (χ0) is 16.4. The molecule has 2 aliphatic rings. The second kappa shape index (κ2) is 6.71. The fourth-order valence-electron chi connectivity index (χ4n) is 2.28. The number of esters is 1. The van der Waals surface area contributed by atoms with E-state index in [-0.39, 0.29) is 12.3 Å². The number of rotatable bonds is 5. The summed E-state index contributed by atoms with van der Waals surface area (Å²) in [6, 6.07) is 0. The van der Waals surface area contributed by atoms with Crippen molar-refractivity contribution in [3.8, 4) is 0 Å². The Morgan fingerprint density at radius 1 is 1.48 bits per heavy atom. The number of carbonyl (C=O) groups excluding carboxylic acids is 2. The van der Waals surface area contributed by atoms with Crippen LogP contribution in [0.4, 0.5) is 5.13 Å². The molecule has 23 heavy (non-hydrogen) atoms. The average Bonchev–Trinajstić information content (AvgIpc) is 3.17. The number of nitrogens with one attached hydrogen (secondary N) is 1. The van der Waals surface area contributed by atoms with Gasteiger partial charge in [0.1, 0.15) is 4.88 Å². The molecule has 2 aliphatic heterocycles. The van der Waals surface area contributed by atoms with Crippen molar-refractivity contribution < 1.29 is 14.3 Å².